The van der Waals surface area contributed by atoms with Gasteiger partial charge in [0.2, 0.25) is 5.96 Å². The molecule has 0 unspecified atom stereocenters. The molecule has 0 saturated heterocycles. The lowest BCUT2D eigenvalue weighted by atomic mass is 9.73. The molecule has 0 bridgehead atoms. The number of aliphatic imine (C=N–C) groups is 1. The van der Waals surface area contributed by atoms with Crippen molar-refractivity contribution in [1.29, 1.82) is 0 Å². The normalized spacial score (nSPS) is 20.6. The third kappa shape index (κ3) is 3.54. The van der Waals surface area contributed by atoms with Gasteiger partial charge in [0, 0.05) is 22.2 Å². The van der Waals surface area contributed by atoms with E-state index in [4.69, 9.17) is 9.41 Å². The highest BCUT2D eigenvalue weighted by atomic mass is 79.9. The van der Waals surface area contributed by atoms with Gasteiger partial charge in [-0.05, 0) is 41.7 Å². The molecule has 7 heteroatoms. The molecular formula is C23H21BrN4O2. The Morgan fingerprint density at radius 3 is 2.80 bits per heavy atom. The molecule has 3 aromatic rings. The van der Waals surface area contributed by atoms with Gasteiger partial charge in [-0.25, -0.2) is 4.99 Å². The van der Waals surface area contributed by atoms with Gasteiger partial charge in [0.15, 0.2) is 11.4 Å². The van der Waals surface area contributed by atoms with Gasteiger partial charge in [-0.3, -0.25) is 10.1 Å². The van der Waals surface area contributed by atoms with Crippen LogP contribution in [0, 0.1) is 5.41 Å². The Labute approximate surface area is 182 Å². The van der Waals surface area contributed by atoms with Crippen LogP contribution in [-0.2, 0) is 4.79 Å². The second kappa shape index (κ2) is 7.09. The van der Waals surface area contributed by atoms with Crippen molar-refractivity contribution < 1.29 is 9.21 Å². The third-order valence-corrected chi connectivity index (χ3v) is 5.90. The number of nitrogens with one attached hydrogen (secondary N) is 2. The van der Waals surface area contributed by atoms with Gasteiger partial charge in [-0.2, -0.15) is 4.98 Å². The quantitative estimate of drug-likeness (QED) is 0.534. The van der Waals surface area contributed by atoms with Crippen LogP contribution in [0.3, 0.4) is 0 Å². The van der Waals surface area contributed by atoms with Crippen LogP contribution in [0.4, 0.5) is 6.01 Å². The average Bonchev–Trinajstić information content (AvgIpc) is 3.08. The summed E-state index contributed by atoms with van der Waals surface area (Å²) in [4.78, 5) is 22.4. The van der Waals surface area contributed by atoms with E-state index in [1.807, 2.05) is 48.5 Å². The lowest BCUT2D eigenvalue weighted by Crippen LogP contribution is -2.41. The number of ketones is 1. The first-order valence-electron chi connectivity index (χ1n) is 9.87. The Hall–Kier alpha value is -2.93. The van der Waals surface area contributed by atoms with E-state index in [2.05, 4.69) is 45.4 Å². The van der Waals surface area contributed by atoms with Gasteiger partial charge in [-0.15, -0.1) is 0 Å². The summed E-state index contributed by atoms with van der Waals surface area (Å²) >= 11 is 3.53. The van der Waals surface area contributed by atoms with Gasteiger partial charge < -0.3 is 9.73 Å². The van der Waals surface area contributed by atoms with Crippen molar-refractivity contribution in [2.24, 2.45) is 10.4 Å². The Balaban J connectivity index is 1.55. The van der Waals surface area contributed by atoms with Gasteiger partial charge >= 0.3 is 6.01 Å². The van der Waals surface area contributed by atoms with Gasteiger partial charge in [-0.1, -0.05) is 54.0 Å². The monoisotopic (exact) mass is 464 g/mol. The summed E-state index contributed by atoms with van der Waals surface area (Å²) in [6.07, 6.45) is 1.29. The predicted molar refractivity (Wildman–Crippen MR) is 120 cm³/mol. The fraction of sp³-hybridized carbons (Fsp3) is 0.261. The molecule has 152 valence electrons. The number of anilines is 1. The van der Waals surface area contributed by atoms with Gasteiger partial charge in [0.1, 0.15) is 11.6 Å². The highest BCUT2D eigenvalue weighted by Gasteiger charge is 2.39. The van der Waals surface area contributed by atoms with Crippen LogP contribution >= 0.6 is 15.9 Å². The maximum atomic E-state index is 13.1. The number of rotatable bonds is 2. The first-order valence-corrected chi connectivity index (χ1v) is 10.7. The van der Waals surface area contributed by atoms with Crippen LogP contribution in [0.2, 0.25) is 0 Å². The zero-order valence-corrected chi connectivity index (χ0v) is 18.3. The molecule has 5 rings (SSSR count). The number of para-hydroxylation sites is 2. The number of carbonyl (C=O) groups is 1. The van der Waals surface area contributed by atoms with E-state index in [0.29, 0.717) is 24.0 Å². The van der Waals surface area contributed by atoms with Crippen LogP contribution in [0.1, 0.15) is 38.3 Å². The molecule has 2 aliphatic rings. The zero-order valence-electron chi connectivity index (χ0n) is 16.7. The molecule has 1 aromatic heterocycles. The molecule has 0 spiro atoms. The van der Waals surface area contributed by atoms with Crippen molar-refractivity contribution >= 4 is 44.8 Å². The molecule has 0 amide bonds. The maximum Gasteiger partial charge on any atom is 0.302 e. The molecule has 1 aliphatic heterocycles. The Morgan fingerprint density at radius 2 is 2.00 bits per heavy atom. The fourth-order valence-corrected chi connectivity index (χ4v) is 4.56. The lowest BCUT2D eigenvalue weighted by molar-refractivity contribution is -0.118. The van der Waals surface area contributed by atoms with Crippen molar-refractivity contribution in [1.82, 2.24) is 10.3 Å². The van der Waals surface area contributed by atoms with E-state index in [9.17, 15) is 4.79 Å². The van der Waals surface area contributed by atoms with Gasteiger partial charge in [0.05, 0.1) is 0 Å². The highest BCUT2D eigenvalue weighted by Crippen LogP contribution is 2.43. The number of benzene rings is 2. The summed E-state index contributed by atoms with van der Waals surface area (Å²) in [5.74, 6) is 0.666. The Bertz CT molecular complexity index is 1190. The zero-order chi connectivity index (χ0) is 20.9. The molecular weight excluding hydrogens is 444 g/mol. The van der Waals surface area contributed by atoms with E-state index >= 15 is 0 Å². The summed E-state index contributed by atoms with van der Waals surface area (Å²) in [7, 11) is 0. The van der Waals surface area contributed by atoms with Crippen LogP contribution < -0.4 is 10.6 Å². The smallest absolute Gasteiger partial charge is 0.302 e. The van der Waals surface area contributed by atoms with Crippen molar-refractivity contribution in [3.8, 4) is 0 Å². The number of Topliss-reactive ketones (excluding diaryl/α,β-unsaturated/α-hetero) is 1. The number of hydrogen-bond donors (Lipinski definition) is 2. The first-order chi connectivity index (χ1) is 14.4. The SMILES string of the molecule is CC1(C)CC(=O)C2=C(C1)NC(Nc1nc3ccccc3o1)=N[C@H]2c1cccc(Br)c1. The minimum atomic E-state index is -0.380. The number of oxazole rings is 1. The molecule has 6 nitrogen and oxygen atoms in total. The molecule has 0 saturated carbocycles. The van der Waals surface area contributed by atoms with Crippen LogP contribution in [0.5, 0.6) is 0 Å². The summed E-state index contributed by atoms with van der Waals surface area (Å²) in [6, 6.07) is 15.5. The topological polar surface area (TPSA) is 79.5 Å². The average molecular weight is 465 g/mol. The van der Waals surface area contributed by atoms with Crippen LogP contribution in [0.25, 0.3) is 11.1 Å². The summed E-state index contributed by atoms with van der Waals surface area (Å²) in [6.45, 7) is 4.23. The molecule has 1 aliphatic carbocycles. The van der Waals surface area contributed by atoms with E-state index in [0.717, 1.165) is 33.2 Å². The standard InChI is InChI=1S/C23H21BrN4O2/c1-23(2)11-16-19(17(29)12-23)20(13-6-5-7-14(24)10-13)27-21(25-16)28-22-26-15-8-3-4-9-18(15)30-22/h3-10,20H,11-12H2,1-2H3,(H2,25,26,27,28)/t20-/m0/s1. The number of hydrogen-bond acceptors (Lipinski definition) is 6. The van der Waals surface area contributed by atoms with Crippen molar-refractivity contribution in [2.45, 2.75) is 32.7 Å². The lowest BCUT2D eigenvalue weighted by Gasteiger charge is -2.37. The maximum absolute atomic E-state index is 13.1. The van der Waals surface area contributed by atoms with Crippen LogP contribution in [-0.4, -0.2) is 16.7 Å². The van der Waals surface area contributed by atoms with Crippen molar-refractivity contribution in [3.05, 3.63) is 69.8 Å². The summed E-state index contributed by atoms with van der Waals surface area (Å²) < 4.78 is 6.75. The van der Waals surface area contributed by atoms with E-state index in [1.165, 1.54) is 0 Å². The third-order valence-electron chi connectivity index (χ3n) is 5.40. The summed E-state index contributed by atoms with van der Waals surface area (Å²) in [5.41, 5.74) is 3.99. The highest BCUT2D eigenvalue weighted by molar-refractivity contribution is 9.10. The van der Waals surface area contributed by atoms with E-state index in [-0.39, 0.29) is 17.2 Å². The molecule has 1 atom stereocenters. The number of aromatic nitrogens is 1. The van der Waals surface area contributed by atoms with Crippen LogP contribution in [0.15, 0.2) is 73.7 Å². The molecule has 2 N–H and O–H groups in total. The minimum Gasteiger partial charge on any atom is -0.423 e. The summed E-state index contributed by atoms with van der Waals surface area (Å²) in [5, 5.41) is 6.50. The number of guanidine groups is 1. The van der Waals surface area contributed by atoms with E-state index < -0.39 is 0 Å². The van der Waals surface area contributed by atoms with Gasteiger partial charge in [0.25, 0.3) is 0 Å². The number of allylic oxidation sites excluding steroid dienone is 1. The Morgan fingerprint density at radius 1 is 1.17 bits per heavy atom. The van der Waals surface area contributed by atoms with Crippen molar-refractivity contribution in [3.63, 3.8) is 0 Å². The Kier molecular flexibility index (Phi) is 4.50. The number of halogens is 1. The second-order valence-electron chi connectivity index (χ2n) is 8.51. The molecule has 2 heterocycles. The fourth-order valence-electron chi connectivity index (χ4n) is 4.14. The molecule has 0 radical (unpaired) electrons. The number of fused-ring (bicyclic) bond motifs is 1. The molecule has 30 heavy (non-hydrogen) atoms. The number of nitrogens with zero attached hydrogens (tertiary/aromatic N) is 2. The molecule has 2 aromatic carbocycles. The van der Waals surface area contributed by atoms with E-state index in [1.54, 1.807) is 0 Å². The molecule has 0 fully saturated rings. The minimum absolute atomic E-state index is 0.106. The van der Waals surface area contributed by atoms with Crippen molar-refractivity contribution in [2.75, 3.05) is 5.32 Å². The second-order valence-corrected chi connectivity index (χ2v) is 9.42. The largest absolute Gasteiger partial charge is 0.423 e. The predicted octanol–water partition coefficient (Wildman–Crippen LogP) is 5.35. The number of carbonyl (C=O) groups excluding carboxylic acids is 1. The first kappa shape index (κ1) is 19.1.